The first-order chi connectivity index (χ1) is 15.1. The predicted molar refractivity (Wildman–Crippen MR) is 120 cm³/mol. The molecule has 2 heterocycles. The lowest BCUT2D eigenvalue weighted by molar-refractivity contribution is 0.102. The molecule has 31 heavy (non-hydrogen) atoms. The largest absolute Gasteiger partial charge is 0.438 e. The molecule has 0 atom stereocenters. The third kappa shape index (κ3) is 4.67. The van der Waals surface area contributed by atoms with E-state index in [9.17, 15) is 4.79 Å². The lowest BCUT2D eigenvalue weighted by Gasteiger charge is -2.13. The van der Waals surface area contributed by atoms with E-state index in [1.807, 2.05) is 49.4 Å². The van der Waals surface area contributed by atoms with Crippen molar-refractivity contribution in [2.45, 2.75) is 6.92 Å². The molecule has 7 heteroatoms. The maximum Gasteiger partial charge on any atom is 0.255 e. The van der Waals surface area contributed by atoms with Crippen LogP contribution in [0.5, 0.6) is 11.6 Å². The summed E-state index contributed by atoms with van der Waals surface area (Å²) in [6.45, 7) is 1.92. The second-order valence-corrected chi connectivity index (χ2v) is 6.77. The maximum atomic E-state index is 12.4. The molecule has 0 saturated carbocycles. The molecular formula is C24H21N5O2. The van der Waals surface area contributed by atoms with E-state index in [0.29, 0.717) is 34.5 Å². The van der Waals surface area contributed by atoms with Gasteiger partial charge in [-0.25, -0.2) is 15.0 Å². The minimum Gasteiger partial charge on any atom is -0.438 e. The van der Waals surface area contributed by atoms with Gasteiger partial charge < -0.3 is 15.4 Å². The van der Waals surface area contributed by atoms with Crippen LogP contribution in [0.25, 0.3) is 11.3 Å². The zero-order valence-electron chi connectivity index (χ0n) is 17.2. The summed E-state index contributed by atoms with van der Waals surface area (Å²) in [6, 6.07) is 20.1. The molecule has 154 valence electrons. The fourth-order valence-corrected chi connectivity index (χ4v) is 3.03. The summed E-state index contributed by atoms with van der Waals surface area (Å²) in [5, 5.41) is 5.84. The topological polar surface area (TPSA) is 89.0 Å². The van der Waals surface area contributed by atoms with Crippen LogP contribution in [0.2, 0.25) is 0 Å². The van der Waals surface area contributed by atoms with E-state index >= 15 is 0 Å². The number of hydrogen-bond donors (Lipinski definition) is 2. The standard InChI is InChI=1S/C24H21N5O2/c1-16-15-18(28-22(30)17-7-4-3-5-8-17)10-11-21(16)31-23-19(9-6-13-26-23)20-12-14-27-24(25-2)29-20/h3-15H,1-2H3,(H,28,30)(H,25,27,29). The fourth-order valence-electron chi connectivity index (χ4n) is 3.03. The molecule has 0 aliphatic rings. The van der Waals surface area contributed by atoms with E-state index in [0.717, 1.165) is 11.1 Å². The van der Waals surface area contributed by atoms with Gasteiger partial charge in [-0.2, -0.15) is 0 Å². The lowest BCUT2D eigenvalue weighted by Crippen LogP contribution is -2.11. The molecule has 0 fully saturated rings. The Hall–Kier alpha value is -4.26. The Morgan fingerprint density at radius 3 is 2.55 bits per heavy atom. The molecule has 4 rings (SSSR count). The molecule has 0 aliphatic heterocycles. The molecule has 4 aromatic rings. The van der Waals surface area contributed by atoms with Gasteiger partial charge in [0.25, 0.3) is 5.91 Å². The molecule has 0 bridgehead atoms. The van der Waals surface area contributed by atoms with Crippen molar-refractivity contribution in [3.63, 3.8) is 0 Å². The monoisotopic (exact) mass is 411 g/mol. The van der Waals surface area contributed by atoms with Gasteiger partial charge in [-0.3, -0.25) is 4.79 Å². The molecule has 0 radical (unpaired) electrons. The minimum atomic E-state index is -0.162. The van der Waals surface area contributed by atoms with Crippen LogP contribution >= 0.6 is 0 Å². The quantitative estimate of drug-likeness (QED) is 0.467. The van der Waals surface area contributed by atoms with E-state index in [4.69, 9.17) is 4.74 Å². The van der Waals surface area contributed by atoms with Crippen LogP contribution < -0.4 is 15.4 Å². The van der Waals surface area contributed by atoms with Gasteiger partial charge in [0.2, 0.25) is 11.8 Å². The van der Waals surface area contributed by atoms with E-state index in [1.165, 1.54) is 0 Å². The molecule has 0 aliphatic carbocycles. The Kier molecular flexibility index (Phi) is 5.84. The van der Waals surface area contributed by atoms with Crippen molar-refractivity contribution in [3.8, 4) is 22.9 Å². The van der Waals surface area contributed by atoms with Crippen molar-refractivity contribution >= 4 is 17.5 Å². The third-order valence-corrected chi connectivity index (χ3v) is 4.60. The maximum absolute atomic E-state index is 12.4. The number of rotatable bonds is 6. The second-order valence-electron chi connectivity index (χ2n) is 6.77. The molecule has 0 spiro atoms. The molecule has 2 aromatic heterocycles. The highest BCUT2D eigenvalue weighted by Gasteiger charge is 2.13. The number of aryl methyl sites for hydroxylation is 1. The van der Waals surface area contributed by atoms with Crippen molar-refractivity contribution in [1.29, 1.82) is 0 Å². The number of ether oxygens (including phenoxy) is 1. The van der Waals surface area contributed by atoms with Gasteiger partial charge >= 0.3 is 0 Å². The minimum absolute atomic E-state index is 0.162. The van der Waals surface area contributed by atoms with Gasteiger partial charge in [0.1, 0.15) is 5.75 Å². The third-order valence-electron chi connectivity index (χ3n) is 4.60. The van der Waals surface area contributed by atoms with Crippen molar-refractivity contribution < 1.29 is 9.53 Å². The number of nitrogens with one attached hydrogen (secondary N) is 2. The second kappa shape index (κ2) is 9.04. The number of carbonyl (C=O) groups is 1. The Bertz CT molecular complexity index is 1210. The molecule has 7 nitrogen and oxygen atoms in total. The number of anilines is 2. The number of benzene rings is 2. The van der Waals surface area contributed by atoms with Gasteiger partial charge in [0, 0.05) is 30.7 Å². The Balaban J connectivity index is 1.56. The number of hydrogen-bond acceptors (Lipinski definition) is 6. The number of nitrogens with zero attached hydrogens (tertiary/aromatic N) is 3. The molecule has 2 N–H and O–H groups in total. The normalized spacial score (nSPS) is 10.4. The van der Waals surface area contributed by atoms with Gasteiger partial charge in [-0.1, -0.05) is 18.2 Å². The first kappa shape index (κ1) is 20.0. The molecule has 0 saturated heterocycles. The van der Waals surface area contributed by atoms with Crippen molar-refractivity contribution in [2.75, 3.05) is 17.7 Å². The molecular weight excluding hydrogens is 390 g/mol. The van der Waals surface area contributed by atoms with Gasteiger partial charge in [0.15, 0.2) is 0 Å². The van der Waals surface area contributed by atoms with Crippen LogP contribution in [0.4, 0.5) is 11.6 Å². The van der Waals surface area contributed by atoms with E-state index in [2.05, 4.69) is 25.6 Å². The molecule has 2 aromatic carbocycles. The number of amides is 1. The predicted octanol–water partition coefficient (Wildman–Crippen LogP) is 4.93. The first-order valence-corrected chi connectivity index (χ1v) is 9.75. The summed E-state index contributed by atoms with van der Waals surface area (Å²) in [4.78, 5) is 25.4. The number of carbonyl (C=O) groups excluding carboxylic acids is 1. The highest BCUT2D eigenvalue weighted by atomic mass is 16.5. The fraction of sp³-hybridized carbons (Fsp3) is 0.0833. The average Bonchev–Trinajstić information content (AvgIpc) is 2.82. The van der Waals surface area contributed by atoms with Gasteiger partial charge in [-0.05, 0) is 61.0 Å². The van der Waals surface area contributed by atoms with Crippen LogP contribution in [-0.2, 0) is 0 Å². The average molecular weight is 411 g/mol. The zero-order valence-corrected chi connectivity index (χ0v) is 17.2. The first-order valence-electron chi connectivity index (χ1n) is 9.75. The highest BCUT2D eigenvalue weighted by molar-refractivity contribution is 6.04. The number of pyridine rings is 1. The van der Waals surface area contributed by atoms with E-state index in [-0.39, 0.29) is 5.91 Å². The highest BCUT2D eigenvalue weighted by Crippen LogP contribution is 2.32. The lowest BCUT2D eigenvalue weighted by atomic mass is 10.1. The van der Waals surface area contributed by atoms with Gasteiger partial charge in [-0.15, -0.1) is 0 Å². The Morgan fingerprint density at radius 1 is 0.935 bits per heavy atom. The van der Waals surface area contributed by atoms with Crippen LogP contribution in [0, 0.1) is 6.92 Å². The van der Waals surface area contributed by atoms with Crippen LogP contribution in [0.3, 0.4) is 0 Å². The van der Waals surface area contributed by atoms with Crippen molar-refractivity contribution in [3.05, 3.63) is 90.3 Å². The van der Waals surface area contributed by atoms with Crippen molar-refractivity contribution in [1.82, 2.24) is 15.0 Å². The number of aromatic nitrogens is 3. The zero-order chi connectivity index (χ0) is 21.6. The van der Waals surface area contributed by atoms with E-state index < -0.39 is 0 Å². The van der Waals surface area contributed by atoms with Crippen LogP contribution in [-0.4, -0.2) is 27.9 Å². The smallest absolute Gasteiger partial charge is 0.255 e. The summed E-state index contributed by atoms with van der Waals surface area (Å²) < 4.78 is 6.11. The van der Waals surface area contributed by atoms with Gasteiger partial charge in [0.05, 0.1) is 11.3 Å². The molecule has 0 unspecified atom stereocenters. The summed E-state index contributed by atoms with van der Waals surface area (Å²) in [6.07, 6.45) is 3.35. The summed E-state index contributed by atoms with van der Waals surface area (Å²) in [5.74, 6) is 1.43. The Morgan fingerprint density at radius 2 is 1.77 bits per heavy atom. The summed E-state index contributed by atoms with van der Waals surface area (Å²) >= 11 is 0. The summed E-state index contributed by atoms with van der Waals surface area (Å²) in [7, 11) is 1.77. The van der Waals surface area contributed by atoms with E-state index in [1.54, 1.807) is 43.7 Å². The van der Waals surface area contributed by atoms with Crippen LogP contribution in [0.1, 0.15) is 15.9 Å². The van der Waals surface area contributed by atoms with Crippen molar-refractivity contribution in [2.24, 2.45) is 0 Å². The molecule has 1 amide bonds. The SMILES string of the molecule is CNc1nccc(-c2cccnc2Oc2ccc(NC(=O)c3ccccc3)cc2C)n1. The van der Waals surface area contributed by atoms with Crippen LogP contribution in [0.15, 0.2) is 79.1 Å². The summed E-state index contributed by atoms with van der Waals surface area (Å²) in [5.41, 5.74) is 3.61. The Labute approximate surface area is 180 Å².